The highest BCUT2D eigenvalue weighted by atomic mass is 127. The van der Waals surface area contributed by atoms with Crippen molar-refractivity contribution in [3.05, 3.63) is 60.2 Å². The molecular formula is C22H29F2IN4O. The van der Waals surface area contributed by atoms with Crippen LogP contribution in [0.3, 0.4) is 0 Å². The van der Waals surface area contributed by atoms with E-state index in [0.29, 0.717) is 12.5 Å². The van der Waals surface area contributed by atoms with Crippen LogP contribution in [0.15, 0.2) is 53.5 Å². The van der Waals surface area contributed by atoms with Crippen molar-refractivity contribution in [2.45, 2.75) is 31.9 Å². The third kappa shape index (κ3) is 7.00. The largest absolute Gasteiger partial charge is 0.486 e. The van der Waals surface area contributed by atoms with E-state index in [1.807, 2.05) is 13.0 Å². The molecule has 1 aliphatic heterocycles. The number of piperidine rings is 1. The number of aliphatic imine (C=N–C) groups is 1. The van der Waals surface area contributed by atoms with Gasteiger partial charge < -0.3 is 20.3 Å². The fraction of sp³-hybridized carbons (Fsp3) is 0.409. The zero-order chi connectivity index (χ0) is 20.6. The molecule has 1 aliphatic rings. The molecular weight excluding hydrogens is 501 g/mol. The highest BCUT2D eigenvalue weighted by molar-refractivity contribution is 14.0. The van der Waals surface area contributed by atoms with E-state index in [1.54, 1.807) is 37.4 Å². The Labute approximate surface area is 193 Å². The van der Waals surface area contributed by atoms with Crippen LogP contribution in [0.25, 0.3) is 0 Å². The first-order chi connectivity index (χ1) is 14.0. The summed E-state index contributed by atoms with van der Waals surface area (Å²) in [5.41, 5.74) is 0.921. The molecule has 0 saturated carbocycles. The first-order valence-electron chi connectivity index (χ1n) is 9.94. The van der Waals surface area contributed by atoms with Gasteiger partial charge in [-0.15, -0.1) is 24.0 Å². The molecule has 1 unspecified atom stereocenters. The molecule has 0 spiro atoms. The van der Waals surface area contributed by atoms with E-state index in [9.17, 15) is 8.78 Å². The van der Waals surface area contributed by atoms with E-state index in [-0.39, 0.29) is 53.5 Å². The molecule has 2 N–H and O–H groups in total. The third-order valence-corrected chi connectivity index (χ3v) is 4.95. The van der Waals surface area contributed by atoms with Crippen LogP contribution in [0.5, 0.6) is 5.75 Å². The molecule has 0 aliphatic carbocycles. The van der Waals surface area contributed by atoms with Crippen molar-refractivity contribution in [1.29, 1.82) is 0 Å². The molecule has 2 aromatic carbocycles. The van der Waals surface area contributed by atoms with Crippen molar-refractivity contribution in [2.24, 2.45) is 4.99 Å². The minimum Gasteiger partial charge on any atom is -0.486 e. The second-order valence-electron chi connectivity index (χ2n) is 7.20. The monoisotopic (exact) mass is 530 g/mol. The molecule has 1 saturated heterocycles. The van der Waals surface area contributed by atoms with Crippen molar-refractivity contribution >= 4 is 35.6 Å². The summed E-state index contributed by atoms with van der Waals surface area (Å²) in [6.45, 7) is 4.08. The fourth-order valence-electron chi connectivity index (χ4n) is 3.38. The van der Waals surface area contributed by atoms with Gasteiger partial charge in [-0.05, 0) is 50.1 Å². The molecule has 1 heterocycles. The number of nitrogens with zero attached hydrogens (tertiary/aromatic N) is 2. The maximum absolute atomic E-state index is 13.7. The van der Waals surface area contributed by atoms with E-state index in [2.05, 4.69) is 20.5 Å². The minimum atomic E-state index is -0.369. The zero-order valence-corrected chi connectivity index (χ0v) is 19.6. The van der Waals surface area contributed by atoms with Crippen molar-refractivity contribution in [2.75, 3.05) is 31.6 Å². The third-order valence-electron chi connectivity index (χ3n) is 4.95. The maximum Gasteiger partial charge on any atom is 0.191 e. The average molecular weight is 530 g/mol. The number of ether oxygens (including phenoxy) is 1. The van der Waals surface area contributed by atoms with Crippen LogP contribution in [-0.4, -0.2) is 44.8 Å². The average Bonchev–Trinajstić information content (AvgIpc) is 2.73. The topological polar surface area (TPSA) is 48.9 Å². The summed E-state index contributed by atoms with van der Waals surface area (Å²) in [4.78, 5) is 6.47. The van der Waals surface area contributed by atoms with Gasteiger partial charge >= 0.3 is 0 Å². The molecule has 3 rings (SSSR count). The number of hydrogen-bond donors (Lipinski definition) is 2. The first kappa shape index (κ1) is 24.2. The summed E-state index contributed by atoms with van der Waals surface area (Å²) in [6, 6.07) is 13.4. The highest BCUT2D eigenvalue weighted by Crippen LogP contribution is 2.21. The molecule has 0 aromatic heterocycles. The van der Waals surface area contributed by atoms with Crippen molar-refractivity contribution in [1.82, 2.24) is 10.6 Å². The van der Waals surface area contributed by atoms with Crippen LogP contribution in [0.4, 0.5) is 14.5 Å². The number of rotatable bonds is 6. The Bertz CT molecular complexity index is 828. The molecule has 1 atom stereocenters. The predicted molar refractivity (Wildman–Crippen MR) is 128 cm³/mol. The Morgan fingerprint density at radius 1 is 1.17 bits per heavy atom. The van der Waals surface area contributed by atoms with Crippen LogP contribution in [0.1, 0.15) is 19.8 Å². The molecule has 1 fully saturated rings. The van der Waals surface area contributed by atoms with E-state index in [4.69, 9.17) is 4.74 Å². The normalized spacial score (nSPS) is 15.9. The smallest absolute Gasteiger partial charge is 0.191 e. The second-order valence-corrected chi connectivity index (χ2v) is 7.20. The Balaban J connectivity index is 0.00000320. The van der Waals surface area contributed by atoms with E-state index >= 15 is 0 Å². The van der Waals surface area contributed by atoms with Gasteiger partial charge in [0.15, 0.2) is 17.5 Å². The molecule has 8 heteroatoms. The Morgan fingerprint density at radius 2 is 1.90 bits per heavy atom. The van der Waals surface area contributed by atoms with Crippen molar-refractivity contribution < 1.29 is 13.5 Å². The fourth-order valence-corrected chi connectivity index (χ4v) is 3.38. The number of hydrogen-bond acceptors (Lipinski definition) is 3. The van der Waals surface area contributed by atoms with Gasteiger partial charge in [0.05, 0.1) is 6.54 Å². The van der Waals surface area contributed by atoms with Gasteiger partial charge in [-0.2, -0.15) is 0 Å². The Hall–Kier alpha value is -2.10. The van der Waals surface area contributed by atoms with Crippen molar-refractivity contribution in [3.63, 3.8) is 0 Å². The number of nitrogens with one attached hydrogen (secondary N) is 2. The van der Waals surface area contributed by atoms with Gasteiger partial charge in [0, 0.05) is 31.9 Å². The molecule has 0 amide bonds. The maximum atomic E-state index is 13.7. The lowest BCUT2D eigenvalue weighted by atomic mass is 10.0. The highest BCUT2D eigenvalue weighted by Gasteiger charge is 2.20. The SMILES string of the molecule is CN=C(NCC(C)Oc1ccccc1F)NC1CCN(c2cccc(F)c2)CC1.I. The van der Waals surface area contributed by atoms with Gasteiger partial charge in [-0.25, -0.2) is 8.78 Å². The van der Waals surface area contributed by atoms with Crippen LogP contribution in [-0.2, 0) is 0 Å². The molecule has 164 valence electrons. The summed E-state index contributed by atoms with van der Waals surface area (Å²) in [7, 11) is 1.72. The number of halogens is 3. The zero-order valence-electron chi connectivity index (χ0n) is 17.3. The molecule has 0 bridgehead atoms. The Morgan fingerprint density at radius 3 is 2.57 bits per heavy atom. The van der Waals surface area contributed by atoms with Gasteiger partial charge in [0.25, 0.3) is 0 Å². The lowest BCUT2D eigenvalue weighted by Crippen LogP contribution is -2.50. The number of guanidine groups is 1. The summed E-state index contributed by atoms with van der Waals surface area (Å²) >= 11 is 0. The lowest BCUT2D eigenvalue weighted by molar-refractivity contribution is 0.214. The summed E-state index contributed by atoms with van der Waals surface area (Å²) in [5, 5.41) is 6.66. The predicted octanol–water partition coefficient (Wildman–Crippen LogP) is 4.18. The molecule has 30 heavy (non-hydrogen) atoms. The number of anilines is 1. The molecule has 5 nitrogen and oxygen atoms in total. The van der Waals surface area contributed by atoms with Crippen LogP contribution < -0.4 is 20.3 Å². The van der Waals surface area contributed by atoms with Crippen LogP contribution in [0.2, 0.25) is 0 Å². The van der Waals surface area contributed by atoms with E-state index in [1.165, 1.54) is 12.1 Å². The van der Waals surface area contributed by atoms with Gasteiger partial charge in [0.2, 0.25) is 0 Å². The van der Waals surface area contributed by atoms with Crippen molar-refractivity contribution in [3.8, 4) is 5.75 Å². The summed E-state index contributed by atoms with van der Waals surface area (Å²) in [5.74, 6) is 0.360. The quantitative estimate of drug-likeness (QED) is 0.334. The van der Waals surface area contributed by atoms with Gasteiger partial charge in [0.1, 0.15) is 11.9 Å². The summed E-state index contributed by atoms with van der Waals surface area (Å²) < 4.78 is 32.8. The molecule has 0 radical (unpaired) electrons. The number of para-hydroxylation sites is 1. The minimum absolute atomic E-state index is 0. The summed E-state index contributed by atoms with van der Waals surface area (Å²) in [6.07, 6.45) is 1.64. The van der Waals surface area contributed by atoms with Crippen LogP contribution >= 0.6 is 24.0 Å². The Kier molecular flexibility index (Phi) is 9.61. The first-order valence-corrected chi connectivity index (χ1v) is 9.94. The molecule has 2 aromatic rings. The second kappa shape index (κ2) is 11.9. The van der Waals surface area contributed by atoms with E-state index in [0.717, 1.165) is 31.6 Å². The van der Waals surface area contributed by atoms with E-state index < -0.39 is 0 Å². The standard InChI is InChI=1S/C22H28F2N4O.HI/c1-16(29-21-9-4-3-8-20(21)24)15-26-22(25-2)27-18-10-12-28(13-11-18)19-7-5-6-17(23)14-19;/h3-9,14,16,18H,10-13,15H2,1-2H3,(H2,25,26,27);1H. The lowest BCUT2D eigenvalue weighted by Gasteiger charge is -2.34. The van der Waals surface area contributed by atoms with Crippen LogP contribution in [0, 0.1) is 11.6 Å². The van der Waals surface area contributed by atoms with Gasteiger partial charge in [-0.1, -0.05) is 18.2 Å². The van der Waals surface area contributed by atoms with Gasteiger partial charge in [-0.3, -0.25) is 4.99 Å². The number of benzene rings is 2.